The van der Waals surface area contributed by atoms with Crippen LogP contribution in [0, 0.1) is 0 Å². The van der Waals surface area contributed by atoms with Crippen molar-refractivity contribution in [2.45, 2.75) is 31.4 Å². The van der Waals surface area contributed by atoms with Crippen molar-refractivity contribution in [3.8, 4) is 0 Å². The van der Waals surface area contributed by atoms with E-state index in [1.54, 1.807) is 0 Å². The molecule has 0 N–H and O–H groups in total. The van der Waals surface area contributed by atoms with Gasteiger partial charge in [0.2, 0.25) is 0 Å². The lowest BCUT2D eigenvalue weighted by molar-refractivity contribution is 0.601. The maximum absolute atomic E-state index is 11.2. The highest BCUT2D eigenvalue weighted by molar-refractivity contribution is 7.89. The molecule has 1 aromatic carbocycles. The van der Waals surface area contributed by atoms with E-state index in [0.29, 0.717) is 0 Å². The SMILES string of the molecule is CS(=O)(=O)Cc1ccc2c(c1)CCCC2. The molecule has 0 heterocycles. The van der Waals surface area contributed by atoms with E-state index in [1.165, 1.54) is 30.2 Å². The second-order valence-corrected chi connectivity index (χ2v) is 6.52. The Morgan fingerprint density at radius 3 is 2.47 bits per heavy atom. The predicted octanol–water partition coefficient (Wildman–Crippen LogP) is 2.11. The molecule has 0 radical (unpaired) electrons. The van der Waals surface area contributed by atoms with Crippen LogP contribution in [-0.2, 0) is 28.4 Å². The Kier molecular flexibility index (Phi) is 2.83. The standard InChI is InChI=1S/C12H16O2S/c1-15(13,14)9-10-6-7-11-4-2-3-5-12(11)8-10/h6-8H,2-5,9H2,1H3. The summed E-state index contributed by atoms with van der Waals surface area (Å²) in [6.45, 7) is 0. The lowest BCUT2D eigenvalue weighted by atomic mass is 9.91. The minimum absolute atomic E-state index is 0.167. The fourth-order valence-electron chi connectivity index (χ4n) is 2.18. The lowest BCUT2D eigenvalue weighted by Crippen LogP contribution is -2.05. The van der Waals surface area contributed by atoms with Gasteiger partial charge in [-0.3, -0.25) is 0 Å². The Balaban J connectivity index is 2.28. The molecular weight excluding hydrogens is 208 g/mol. The molecule has 0 bridgehead atoms. The molecule has 1 aliphatic rings. The first-order valence-electron chi connectivity index (χ1n) is 5.33. The molecule has 15 heavy (non-hydrogen) atoms. The van der Waals surface area contributed by atoms with E-state index in [1.807, 2.05) is 6.07 Å². The molecule has 0 spiro atoms. The van der Waals surface area contributed by atoms with E-state index in [9.17, 15) is 8.42 Å². The molecular formula is C12H16O2S. The van der Waals surface area contributed by atoms with Gasteiger partial charge in [-0.1, -0.05) is 18.2 Å². The first-order valence-corrected chi connectivity index (χ1v) is 7.39. The molecule has 0 amide bonds. The van der Waals surface area contributed by atoms with Crippen LogP contribution in [0.25, 0.3) is 0 Å². The monoisotopic (exact) mass is 224 g/mol. The molecule has 0 aliphatic heterocycles. The number of sulfone groups is 1. The van der Waals surface area contributed by atoms with Crippen LogP contribution in [0.15, 0.2) is 18.2 Å². The van der Waals surface area contributed by atoms with Gasteiger partial charge >= 0.3 is 0 Å². The average Bonchev–Trinajstić information content (AvgIpc) is 2.15. The van der Waals surface area contributed by atoms with Gasteiger partial charge in [-0.15, -0.1) is 0 Å². The normalized spacial score (nSPS) is 16.1. The van der Waals surface area contributed by atoms with Gasteiger partial charge in [-0.25, -0.2) is 8.42 Å². The van der Waals surface area contributed by atoms with Crippen LogP contribution in [0.2, 0.25) is 0 Å². The van der Waals surface area contributed by atoms with Crippen LogP contribution in [0.4, 0.5) is 0 Å². The summed E-state index contributed by atoms with van der Waals surface area (Å²) in [5, 5.41) is 0. The van der Waals surface area contributed by atoms with Crippen molar-refractivity contribution in [2.24, 2.45) is 0 Å². The minimum Gasteiger partial charge on any atom is -0.229 e. The van der Waals surface area contributed by atoms with Crippen molar-refractivity contribution >= 4 is 9.84 Å². The van der Waals surface area contributed by atoms with Crippen molar-refractivity contribution in [2.75, 3.05) is 6.26 Å². The minimum atomic E-state index is -2.90. The second kappa shape index (κ2) is 3.97. The van der Waals surface area contributed by atoms with Crippen molar-refractivity contribution in [1.29, 1.82) is 0 Å². The van der Waals surface area contributed by atoms with Crippen molar-refractivity contribution < 1.29 is 8.42 Å². The molecule has 1 aromatic rings. The smallest absolute Gasteiger partial charge is 0.151 e. The molecule has 0 saturated carbocycles. The van der Waals surface area contributed by atoms with E-state index < -0.39 is 9.84 Å². The first-order chi connectivity index (χ1) is 7.04. The molecule has 0 atom stereocenters. The Labute approximate surface area is 91.2 Å². The van der Waals surface area contributed by atoms with Crippen LogP contribution < -0.4 is 0 Å². The molecule has 0 fully saturated rings. The van der Waals surface area contributed by atoms with E-state index in [-0.39, 0.29) is 5.75 Å². The molecule has 0 unspecified atom stereocenters. The number of hydrogen-bond donors (Lipinski definition) is 0. The van der Waals surface area contributed by atoms with Gasteiger partial charge in [0, 0.05) is 6.26 Å². The largest absolute Gasteiger partial charge is 0.229 e. The summed E-state index contributed by atoms with van der Waals surface area (Å²) in [5.41, 5.74) is 3.68. The van der Waals surface area contributed by atoms with Gasteiger partial charge < -0.3 is 0 Å². The summed E-state index contributed by atoms with van der Waals surface area (Å²) in [6.07, 6.45) is 6.03. The van der Waals surface area contributed by atoms with E-state index in [2.05, 4.69) is 12.1 Å². The fourth-order valence-corrected chi connectivity index (χ4v) is 2.96. The molecule has 2 rings (SSSR count). The van der Waals surface area contributed by atoms with Gasteiger partial charge in [-0.05, 0) is 42.4 Å². The van der Waals surface area contributed by atoms with Gasteiger partial charge in [0.05, 0.1) is 5.75 Å². The highest BCUT2D eigenvalue weighted by Gasteiger charge is 2.11. The van der Waals surface area contributed by atoms with Crippen molar-refractivity contribution in [3.63, 3.8) is 0 Å². The topological polar surface area (TPSA) is 34.1 Å². The van der Waals surface area contributed by atoms with Crippen molar-refractivity contribution in [3.05, 3.63) is 34.9 Å². The van der Waals surface area contributed by atoms with Crippen molar-refractivity contribution in [1.82, 2.24) is 0 Å². The number of hydrogen-bond acceptors (Lipinski definition) is 2. The van der Waals surface area contributed by atoms with E-state index in [4.69, 9.17) is 0 Å². The third-order valence-electron chi connectivity index (χ3n) is 2.84. The zero-order valence-corrected chi connectivity index (χ0v) is 9.81. The molecule has 2 nitrogen and oxygen atoms in total. The molecule has 82 valence electrons. The molecule has 0 aromatic heterocycles. The Bertz CT molecular complexity index is 461. The molecule has 0 saturated heterocycles. The van der Waals surface area contributed by atoms with Crippen LogP contribution in [0.1, 0.15) is 29.5 Å². The van der Waals surface area contributed by atoms with Crippen LogP contribution in [0.5, 0.6) is 0 Å². The summed E-state index contributed by atoms with van der Waals surface area (Å²) in [7, 11) is -2.90. The predicted molar refractivity (Wildman–Crippen MR) is 61.6 cm³/mol. The summed E-state index contributed by atoms with van der Waals surface area (Å²) < 4.78 is 22.3. The van der Waals surface area contributed by atoms with E-state index >= 15 is 0 Å². The molecule has 1 aliphatic carbocycles. The highest BCUT2D eigenvalue weighted by atomic mass is 32.2. The third-order valence-corrected chi connectivity index (χ3v) is 3.70. The van der Waals surface area contributed by atoms with Gasteiger partial charge in [0.15, 0.2) is 9.84 Å². The number of fused-ring (bicyclic) bond motifs is 1. The summed E-state index contributed by atoms with van der Waals surface area (Å²) in [4.78, 5) is 0. The quantitative estimate of drug-likeness (QED) is 0.771. The maximum Gasteiger partial charge on any atom is 0.151 e. The Hall–Kier alpha value is -0.830. The average molecular weight is 224 g/mol. The third kappa shape index (κ3) is 2.81. The number of benzene rings is 1. The summed E-state index contributed by atoms with van der Waals surface area (Å²) >= 11 is 0. The Morgan fingerprint density at radius 1 is 1.13 bits per heavy atom. The summed E-state index contributed by atoms with van der Waals surface area (Å²) in [5.74, 6) is 0.167. The van der Waals surface area contributed by atoms with Gasteiger partial charge in [0.25, 0.3) is 0 Å². The number of aryl methyl sites for hydroxylation is 2. The summed E-state index contributed by atoms with van der Waals surface area (Å²) in [6, 6.07) is 6.11. The zero-order valence-electron chi connectivity index (χ0n) is 8.99. The van der Waals surface area contributed by atoms with Crippen LogP contribution >= 0.6 is 0 Å². The van der Waals surface area contributed by atoms with Gasteiger partial charge in [0.1, 0.15) is 0 Å². The van der Waals surface area contributed by atoms with E-state index in [0.717, 1.165) is 18.4 Å². The van der Waals surface area contributed by atoms with Gasteiger partial charge in [-0.2, -0.15) is 0 Å². The fraction of sp³-hybridized carbons (Fsp3) is 0.500. The lowest BCUT2D eigenvalue weighted by Gasteiger charge is -2.16. The van der Waals surface area contributed by atoms with Crippen LogP contribution in [-0.4, -0.2) is 14.7 Å². The zero-order chi connectivity index (χ0) is 10.9. The number of rotatable bonds is 2. The highest BCUT2D eigenvalue weighted by Crippen LogP contribution is 2.22. The Morgan fingerprint density at radius 2 is 1.80 bits per heavy atom. The van der Waals surface area contributed by atoms with Crippen LogP contribution in [0.3, 0.4) is 0 Å². The first kappa shape index (κ1) is 10.7. The maximum atomic E-state index is 11.2. The second-order valence-electron chi connectivity index (χ2n) is 4.38. The molecule has 3 heteroatoms.